The standard InChI is InChI=1S/C21H18O/c1-14(2)15-10-12-16(13-11-15)17-7-5-8-19-18-6-3-4-9-20(18)22-21(17)19/h3-14H,1-2H3. The first-order chi connectivity index (χ1) is 10.7. The minimum absolute atomic E-state index is 0.552. The van der Waals surface area contributed by atoms with Crippen molar-refractivity contribution < 1.29 is 4.42 Å². The lowest BCUT2D eigenvalue weighted by molar-refractivity contribution is 0.670. The van der Waals surface area contributed by atoms with Gasteiger partial charge in [0.05, 0.1) is 0 Å². The van der Waals surface area contributed by atoms with E-state index >= 15 is 0 Å². The molecular weight excluding hydrogens is 268 g/mol. The zero-order valence-electron chi connectivity index (χ0n) is 12.8. The maximum atomic E-state index is 6.12. The van der Waals surface area contributed by atoms with E-state index in [1.54, 1.807) is 0 Å². The number of fused-ring (bicyclic) bond motifs is 3. The van der Waals surface area contributed by atoms with E-state index in [1.807, 2.05) is 12.1 Å². The van der Waals surface area contributed by atoms with Crippen molar-refractivity contribution in [3.63, 3.8) is 0 Å². The van der Waals surface area contributed by atoms with Crippen LogP contribution >= 0.6 is 0 Å². The van der Waals surface area contributed by atoms with Crippen LogP contribution in [0.25, 0.3) is 33.1 Å². The van der Waals surface area contributed by atoms with Crippen LogP contribution in [0, 0.1) is 0 Å². The van der Waals surface area contributed by atoms with Crippen LogP contribution in [0.3, 0.4) is 0 Å². The first-order valence-electron chi connectivity index (χ1n) is 7.74. The van der Waals surface area contributed by atoms with Crippen LogP contribution < -0.4 is 0 Å². The molecule has 22 heavy (non-hydrogen) atoms. The van der Waals surface area contributed by atoms with Crippen molar-refractivity contribution in [1.29, 1.82) is 0 Å². The molecule has 4 aromatic rings. The van der Waals surface area contributed by atoms with Crippen LogP contribution in [0.15, 0.2) is 71.1 Å². The summed E-state index contributed by atoms with van der Waals surface area (Å²) >= 11 is 0. The SMILES string of the molecule is CC(C)c1ccc(-c2cccc3c2oc2ccccc23)cc1. The molecule has 0 aliphatic carbocycles. The maximum absolute atomic E-state index is 6.12. The molecule has 0 aliphatic rings. The molecule has 4 rings (SSSR count). The third-order valence-corrected chi connectivity index (χ3v) is 4.29. The summed E-state index contributed by atoms with van der Waals surface area (Å²) in [5.74, 6) is 0.552. The Morgan fingerprint density at radius 1 is 0.727 bits per heavy atom. The van der Waals surface area contributed by atoms with Crippen LogP contribution in [-0.4, -0.2) is 0 Å². The lowest BCUT2D eigenvalue weighted by Crippen LogP contribution is -1.86. The van der Waals surface area contributed by atoms with E-state index in [9.17, 15) is 0 Å². The van der Waals surface area contributed by atoms with Gasteiger partial charge in [0, 0.05) is 16.3 Å². The maximum Gasteiger partial charge on any atom is 0.143 e. The molecule has 0 bridgehead atoms. The zero-order valence-corrected chi connectivity index (χ0v) is 12.8. The van der Waals surface area contributed by atoms with Crippen LogP contribution in [0.5, 0.6) is 0 Å². The summed E-state index contributed by atoms with van der Waals surface area (Å²) in [4.78, 5) is 0. The molecule has 1 nitrogen and oxygen atoms in total. The molecule has 0 saturated carbocycles. The average molecular weight is 286 g/mol. The molecule has 108 valence electrons. The Morgan fingerprint density at radius 2 is 1.45 bits per heavy atom. The number of hydrogen-bond donors (Lipinski definition) is 0. The monoisotopic (exact) mass is 286 g/mol. The summed E-state index contributed by atoms with van der Waals surface area (Å²) in [7, 11) is 0. The Labute approximate surface area is 130 Å². The van der Waals surface area contributed by atoms with Gasteiger partial charge in [-0.15, -0.1) is 0 Å². The van der Waals surface area contributed by atoms with E-state index in [-0.39, 0.29) is 0 Å². The molecule has 0 aliphatic heterocycles. The normalized spacial score (nSPS) is 11.6. The summed E-state index contributed by atoms with van der Waals surface area (Å²) in [5.41, 5.74) is 5.64. The lowest BCUT2D eigenvalue weighted by Gasteiger charge is -2.07. The lowest BCUT2D eigenvalue weighted by atomic mass is 9.98. The summed E-state index contributed by atoms with van der Waals surface area (Å²) in [6, 6.07) is 23.4. The second-order valence-corrected chi connectivity index (χ2v) is 6.06. The topological polar surface area (TPSA) is 13.1 Å². The van der Waals surface area contributed by atoms with Gasteiger partial charge < -0.3 is 4.42 Å². The quantitative estimate of drug-likeness (QED) is 0.417. The fraction of sp³-hybridized carbons (Fsp3) is 0.143. The van der Waals surface area contributed by atoms with Crippen molar-refractivity contribution >= 4 is 21.9 Å². The minimum atomic E-state index is 0.552. The molecular formula is C21H18O. The van der Waals surface area contributed by atoms with Crippen LogP contribution in [0.1, 0.15) is 25.3 Å². The largest absolute Gasteiger partial charge is 0.455 e. The van der Waals surface area contributed by atoms with E-state index in [4.69, 9.17) is 4.42 Å². The Balaban J connectivity index is 1.94. The molecule has 1 heterocycles. The van der Waals surface area contributed by atoms with Gasteiger partial charge in [-0.3, -0.25) is 0 Å². The third-order valence-electron chi connectivity index (χ3n) is 4.29. The average Bonchev–Trinajstić information content (AvgIpc) is 2.93. The molecule has 0 fully saturated rings. The Kier molecular flexibility index (Phi) is 3.00. The molecule has 0 N–H and O–H groups in total. The van der Waals surface area contributed by atoms with Crippen molar-refractivity contribution in [3.05, 3.63) is 72.3 Å². The molecule has 0 radical (unpaired) electrons. The molecule has 0 spiro atoms. The molecule has 1 aromatic heterocycles. The first kappa shape index (κ1) is 13.1. The van der Waals surface area contributed by atoms with E-state index in [1.165, 1.54) is 21.9 Å². The zero-order chi connectivity index (χ0) is 15.1. The van der Waals surface area contributed by atoms with Crippen LogP contribution in [-0.2, 0) is 0 Å². The predicted octanol–water partition coefficient (Wildman–Crippen LogP) is 6.38. The number of furan rings is 1. The third kappa shape index (κ3) is 2.01. The number of hydrogen-bond acceptors (Lipinski definition) is 1. The molecule has 0 amide bonds. The highest BCUT2D eigenvalue weighted by Gasteiger charge is 2.11. The summed E-state index contributed by atoms with van der Waals surface area (Å²) in [5, 5.41) is 2.36. The molecule has 1 heteroatoms. The van der Waals surface area contributed by atoms with Gasteiger partial charge in [-0.05, 0) is 23.1 Å². The predicted molar refractivity (Wildman–Crippen MR) is 93.2 cm³/mol. The number of benzene rings is 3. The summed E-state index contributed by atoms with van der Waals surface area (Å²) in [6.07, 6.45) is 0. The van der Waals surface area contributed by atoms with E-state index in [2.05, 4.69) is 68.4 Å². The van der Waals surface area contributed by atoms with E-state index in [0.29, 0.717) is 5.92 Å². The Bertz CT molecular complexity index is 943. The van der Waals surface area contributed by atoms with E-state index < -0.39 is 0 Å². The van der Waals surface area contributed by atoms with Crippen molar-refractivity contribution in [3.8, 4) is 11.1 Å². The highest BCUT2D eigenvalue weighted by atomic mass is 16.3. The van der Waals surface area contributed by atoms with Gasteiger partial charge in [0.15, 0.2) is 0 Å². The first-order valence-corrected chi connectivity index (χ1v) is 7.74. The smallest absolute Gasteiger partial charge is 0.143 e. The van der Waals surface area contributed by atoms with E-state index in [0.717, 1.165) is 16.7 Å². The van der Waals surface area contributed by atoms with Gasteiger partial charge >= 0.3 is 0 Å². The highest BCUT2D eigenvalue weighted by molar-refractivity contribution is 6.09. The van der Waals surface area contributed by atoms with Crippen molar-refractivity contribution in [2.75, 3.05) is 0 Å². The summed E-state index contributed by atoms with van der Waals surface area (Å²) < 4.78 is 6.12. The molecule has 0 saturated heterocycles. The van der Waals surface area contributed by atoms with Crippen molar-refractivity contribution in [2.45, 2.75) is 19.8 Å². The van der Waals surface area contributed by atoms with Gasteiger partial charge in [0.1, 0.15) is 11.2 Å². The minimum Gasteiger partial charge on any atom is -0.455 e. The second kappa shape index (κ2) is 5.03. The fourth-order valence-corrected chi connectivity index (χ4v) is 3.02. The Hall–Kier alpha value is -2.54. The van der Waals surface area contributed by atoms with Crippen molar-refractivity contribution in [2.24, 2.45) is 0 Å². The number of rotatable bonds is 2. The Morgan fingerprint density at radius 3 is 2.23 bits per heavy atom. The van der Waals surface area contributed by atoms with Crippen molar-refractivity contribution in [1.82, 2.24) is 0 Å². The van der Waals surface area contributed by atoms with Gasteiger partial charge in [-0.2, -0.15) is 0 Å². The summed E-state index contributed by atoms with van der Waals surface area (Å²) in [6.45, 7) is 4.43. The highest BCUT2D eigenvalue weighted by Crippen LogP contribution is 2.35. The van der Waals surface area contributed by atoms with Gasteiger partial charge in [-0.1, -0.05) is 74.5 Å². The second-order valence-electron chi connectivity index (χ2n) is 6.06. The molecule has 3 aromatic carbocycles. The van der Waals surface area contributed by atoms with Gasteiger partial charge in [0.25, 0.3) is 0 Å². The van der Waals surface area contributed by atoms with Gasteiger partial charge in [0.2, 0.25) is 0 Å². The van der Waals surface area contributed by atoms with Crippen LogP contribution in [0.2, 0.25) is 0 Å². The molecule has 0 unspecified atom stereocenters. The van der Waals surface area contributed by atoms with Crippen LogP contribution in [0.4, 0.5) is 0 Å². The number of para-hydroxylation sites is 2. The molecule has 0 atom stereocenters. The van der Waals surface area contributed by atoms with Gasteiger partial charge in [-0.25, -0.2) is 0 Å². The fourth-order valence-electron chi connectivity index (χ4n) is 3.02.